The summed E-state index contributed by atoms with van der Waals surface area (Å²) in [5, 5.41) is 3.27. The van der Waals surface area contributed by atoms with E-state index in [9.17, 15) is 4.79 Å². The second-order valence-electron chi connectivity index (χ2n) is 4.01. The van der Waals surface area contributed by atoms with Gasteiger partial charge in [-0.3, -0.25) is 4.79 Å². The molecule has 100 valence electrons. The van der Waals surface area contributed by atoms with Crippen molar-refractivity contribution >= 4 is 21.6 Å². The minimum Gasteiger partial charge on any atom is -0.496 e. The van der Waals surface area contributed by atoms with E-state index in [1.54, 1.807) is 30.0 Å². The lowest BCUT2D eigenvalue weighted by atomic mass is 10.3. The molecule has 0 atom stereocenters. The van der Waals surface area contributed by atoms with Gasteiger partial charge in [-0.05, 0) is 40.2 Å². The summed E-state index contributed by atoms with van der Waals surface area (Å²) >= 11 is 3.44. The molecule has 1 aromatic carbocycles. The van der Waals surface area contributed by atoms with E-state index in [0.29, 0.717) is 13.1 Å². The SMILES string of the molecule is COc1ccc(NCCn2ccccc2=O)cc1Br. The normalized spacial score (nSPS) is 10.2. The average Bonchev–Trinajstić information content (AvgIpc) is 2.41. The molecule has 0 bridgehead atoms. The maximum Gasteiger partial charge on any atom is 0.250 e. The molecule has 2 rings (SSSR count). The van der Waals surface area contributed by atoms with E-state index < -0.39 is 0 Å². The van der Waals surface area contributed by atoms with E-state index in [2.05, 4.69) is 21.2 Å². The molecule has 2 aromatic rings. The van der Waals surface area contributed by atoms with Gasteiger partial charge < -0.3 is 14.6 Å². The predicted molar refractivity (Wildman–Crippen MR) is 79.9 cm³/mol. The fourth-order valence-electron chi connectivity index (χ4n) is 1.74. The van der Waals surface area contributed by atoms with Gasteiger partial charge in [0.1, 0.15) is 5.75 Å². The van der Waals surface area contributed by atoms with Crippen LogP contribution in [0.1, 0.15) is 0 Å². The highest BCUT2D eigenvalue weighted by molar-refractivity contribution is 9.10. The first-order valence-electron chi connectivity index (χ1n) is 5.93. The van der Waals surface area contributed by atoms with Gasteiger partial charge in [-0.15, -0.1) is 0 Å². The zero-order valence-electron chi connectivity index (χ0n) is 10.6. The second kappa shape index (κ2) is 6.43. The molecule has 0 spiro atoms. The molecule has 1 N–H and O–H groups in total. The average molecular weight is 323 g/mol. The lowest BCUT2D eigenvalue weighted by Crippen LogP contribution is -2.21. The Morgan fingerprint density at radius 2 is 2.16 bits per heavy atom. The number of halogens is 1. The molecule has 0 saturated carbocycles. The van der Waals surface area contributed by atoms with Crippen LogP contribution in [0.3, 0.4) is 0 Å². The zero-order valence-corrected chi connectivity index (χ0v) is 12.2. The van der Waals surface area contributed by atoms with E-state index >= 15 is 0 Å². The molecule has 0 aliphatic rings. The van der Waals surface area contributed by atoms with Crippen molar-refractivity contribution in [2.75, 3.05) is 19.0 Å². The van der Waals surface area contributed by atoms with Crippen LogP contribution in [0.15, 0.2) is 51.9 Å². The van der Waals surface area contributed by atoms with Crippen molar-refractivity contribution in [2.45, 2.75) is 6.54 Å². The lowest BCUT2D eigenvalue weighted by molar-refractivity contribution is 0.412. The summed E-state index contributed by atoms with van der Waals surface area (Å²) in [5.74, 6) is 0.796. The minimum absolute atomic E-state index is 0.0141. The maximum absolute atomic E-state index is 11.5. The van der Waals surface area contributed by atoms with Gasteiger partial charge in [0.05, 0.1) is 11.6 Å². The third-order valence-corrected chi connectivity index (χ3v) is 3.35. The summed E-state index contributed by atoms with van der Waals surface area (Å²) in [7, 11) is 1.63. The Hall–Kier alpha value is -1.75. The molecule has 0 aliphatic carbocycles. The van der Waals surface area contributed by atoms with Crippen molar-refractivity contribution in [3.63, 3.8) is 0 Å². The summed E-state index contributed by atoms with van der Waals surface area (Å²) in [4.78, 5) is 11.5. The summed E-state index contributed by atoms with van der Waals surface area (Å²) in [6.45, 7) is 1.31. The van der Waals surface area contributed by atoms with E-state index in [1.165, 1.54) is 0 Å². The first-order chi connectivity index (χ1) is 9.20. The number of ether oxygens (including phenoxy) is 1. The number of hydrogen-bond donors (Lipinski definition) is 1. The molecule has 19 heavy (non-hydrogen) atoms. The summed E-state index contributed by atoms with van der Waals surface area (Å²) in [5.41, 5.74) is 0.997. The number of methoxy groups -OCH3 is 1. The van der Waals surface area contributed by atoms with Crippen LogP contribution in [0.5, 0.6) is 5.75 Å². The van der Waals surface area contributed by atoms with Crippen molar-refractivity contribution in [3.8, 4) is 5.75 Å². The molecule has 1 aromatic heterocycles. The molecular formula is C14H15BrN2O2. The molecule has 0 aliphatic heterocycles. The fraction of sp³-hybridized carbons (Fsp3) is 0.214. The highest BCUT2D eigenvalue weighted by Crippen LogP contribution is 2.27. The molecule has 4 nitrogen and oxygen atoms in total. The van der Waals surface area contributed by atoms with Crippen LogP contribution in [0.25, 0.3) is 0 Å². The number of hydrogen-bond acceptors (Lipinski definition) is 3. The van der Waals surface area contributed by atoms with Crippen molar-refractivity contribution in [3.05, 3.63) is 57.4 Å². The molecule has 0 saturated heterocycles. The van der Waals surface area contributed by atoms with Gasteiger partial charge >= 0.3 is 0 Å². The predicted octanol–water partition coefficient (Wildman–Crippen LogP) is 2.73. The number of benzene rings is 1. The Bertz CT molecular complexity index is 610. The number of aromatic nitrogens is 1. The summed E-state index contributed by atoms with van der Waals surface area (Å²) in [6.07, 6.45) is 1.79. The monoisotopic (exact) mass is 322 g/mol. The highest BCUT2D eigenvalue weighted by atomic mass is 79.9. The third kappa shape index (κ3) is 3.61. The van der Waals surface area contributed by atoms with E-state index in [4.69, 9.17) is 4.74 Å². The Morgan fingerprint density at radius 3 is 2.84 bits per heavy atom. The minimum atomic E-state index is 0.0141. The first-order valence-corrected chi connectivity index (χ1v) is 6.73. The zero-order chi connectivity index (χ0) is 13.7. The Kier molecular flexibility index (Phi) is 4.63. The fourth-order valence-corrected chi connectivity index (χ4v) is 2.28. The summed E-state index contributed by atoms with van der Waals surface area (Å²) in [6, 6.07) is 10.9. The largest absolute Gasteiger partial charge is 0.496 e. The first kappa shape index (κ1) is 13.7. The van der Waals surface area contributed by atoms with Gasteiger partial charge in [-0.25, -0.2) is 0 Å². The van der Waals surface area contributed by atoms with Gasteiger partial charge in [-0.2, -0.15) is 0 Å². The van der Waals surface area contributed by atoms with Crippen molar-refractivity contribution in [2.24, 2.45) is 0 Å². The van der Waals surface area contributed by atoms with Crippen LogP contribution < -0.4 is 15.6 Å². The number of rotatable bonds is 5. The Balaban J connectivity index is 1.95. The molecule has 0 amide bonds. The van der Waals surface area contributed by atoms with Crippen LogP contribution >= 0.6 is 15.9 Å². The van der Waals surface area contributed by atoms with Gasteiger partial charge in [0, 0.05) is 31.0 Å². The van der Waals surface area contributed by atoms with E-state index in [-0.39, 0.29) is 5.56 Å². The van der Waals surface area contributed by atoms with Crippen LogP contribution in [-0.2, 0) is 6.54 Å². The van der Waals surface area contributed by atoms with Gasteiger partial charge in [0.15, 0.2) is 0 Å². The molecular weight excluding hydrogens is 308 g/mol. The lowest BCUT2D eigenvalue weighted by Gasteiger charge is -2.10. The third-order valence-electron chi connectivity index (χ3n) is 2.73. The number of nitrogens with one attached hydrogen (secondary N) is 1. The standard InChI is InChI=1S/C14H15BrN2O2/c1-19-13-6-5-11(10-12(13)15)16-7-9-17-8-3-2-4-14(17)18/h2-6,8,10,16H,7,9H2,1H3. The summed E-state index contributed by atoms with van der Waals surface area (Å²) < 4.78 is 7.74. The number of anilines is 1. The van der Waals surface area contributed by atoms with Crippen LogP contribution in [0, 0.1) is 0 Å². The highest BCUT2D eigenvalue weighted by Gasteiger charge is 2.01. The Morgan fingerprint density at radius 1 is 1.32 bits per heavy atom. The van der Waals surface area contributed by atoms with E-state index in [0.717, 1.165) is 15.9 Å². The maximum atomic E-state index is 11.5. The number of pyridine rings is 1. The number of nitrogens with zero attached hydrogens (tertiary/aromatic N) is 1. The smallest absolute Gasteiger partial charge is 0.250 e. The van der Waals surface area contributed by atoms with Gasteiger partial charge in [0.25, 0.3) is 5.56 Å². The van der Waals surface area contributed by atoms with Crippen molar-refractivity contribution < 1.29 is 4.74 Å². The van der Waals surface area contributed by atoms with Crippen molar-refractivity contribution in [1.29, 1.82) is 0 Å². The van der Waals surface area contributed by atoms with E-state index in [1.807, 2.05) is 24.3 Å². The molecule has 0 unspecified atom stereocenters. The molecule has 5 heteroatoms. The second-order valence-corrected chi connectivity index (χ2v) is 4.86. The Labute approximate surface area is 120 Å². The topological polar surface area (TPSA) is 43.3 Å². The van der Waals surface area contributed by atoms with Crippen LogP contribution in [0.2, 0.25) is 0 Å². The molecule has 1 heterocycles. The van der Waals surface area contributed by atoms with Gasteiger partial charge in [-0.1, -0.05) is 6.07 Å². The van der Waals surface area contributed by atoms with Gasteiger partial charge in [0.2, 0.25) is 0 Å². The quantitative estimate of drug-likeness (QED) is 0.920. The van der Waals surface area contributed by atoms with Crippen molar-refractivity contribution in [1.82, 2.24) is 4.57 Å². The van der Waals surface area contributed by atoms with Crippen LogP contribution in [-0.4, -0.2) is 18.2 Å². The molecule has 0 fully saturated rings. The molecule has 0 radical (unpaired) electrons. The van der Waals surface area contributed by atoms with Crippen LogP contribution in [0.4, 0.5) is 5.69 Å².